The predicted molar refractivity (Wildman–Crippen MR) is 85.3 cm³/mol. The average Bonchev–Trinajstić information content (AvgIpc) is 2.42. The topological polar surface area (TPSA) is 60.6 Å². The predicted octanol–water partition coefficient (Wildman–Crippen LogP) is 3.31. The van der Waals surface area contributed by atoms with Gasteiger partial charge in [0.25, 0.3) is 0 Å². The molecule has 0 atom stereocenters. The van der Waals surface area contributed by atoms with E-state index >= 15 is 0 Å². The highest BCUT2D eigenvalue weighted by Gasteiger charge is 2.08. The molecule has 1 aromatic carbocycles. The van der Waals surface area contributed by atoms with Crippen LogP contribution in [0.2, 0.25) is 0 Å². The normalized spacial score (nSPS) is 10.5. The Morgan fingerprint density at radius 2 is 1.90 bits per heavy atom. The SMILES string of the molecule is CC(C)Oc1nc(Oc2cccc(N(C)C)c2)ccc1N. The molecule has 0 fully saturated rings. The Morgan fingerprint density at radius 3 is 2.57 bits per heavy atom. The molecule has 0 radical (unpaired) electrons. The van der Waals surface area contributed by atoms with Crippen molar-refractivity contribution in [2.45, 2.75) is 20.0 Å². The van der Waals surface area contributed by atoms with Crippen LogP contribution in [-0.4, -0.2) is 25.2 Å². The van der Waals surface area contributed by atoms with Crippen molar-refractivity contribution in [3.63, 3.8) is 0 Å². The minimum absolute atomic E-state index is 0.00659. The fourth-order valence-corrected chi connectivity index (χ4v) is 1.75. The maximum Gasteiger partial charge on any atom is 0.240 e. The van der Waals surface area contributed by atoms with Gasteiger partial charge < -0.3 is 20.1 Å². The highest BCUT2D eigenvalue weighted by molar-refractivity contribution is 5.52. The number of anilines is 2. The molecule has 112 valence electrons. The summed E-state index contributed by atoms with van der Waals surface area (Å²) in [5.74, 6) is 1.57. The van der Waals surface area contributed by atoms with Gasteiger partial charge in [0, 0.05) is 31.9 Å². The summed E-state index contributed by atoms with van der Waals surface area (Å²) in [6, 6.07) is 11.2. The van der Waals surface area contributed by atoms with Gasteiger partial charge >= 0.3 is 0 Å². The van der Waals surface area contributed by atoms with Crippen LogP contribution >= 0.6 is 0 Å². The molecule has 0 unspecified atom stereocenters. The van der Waals surface area contributed by atoms with Crippen molar-refractivity contribution < 1.29 is 9.47 Å². The van der Waals surface area contributed by atoms with Crippen LogP contribution in [0.3, 0.4) is 0 Å². The number of rotatable bonds is 5. The van der Waals surface area contributed by atoms with Gasteiger partial charge in [-0.3, -0.25) is 0 Å². The number of ether oxygens (including phenoxy) is 2. The molecule has 5 heteroatoms. The summed E-state index contributed by atoms with van der Waals surface area (Å²) in [5.41, 5.74) is 7.40. The van der Waals surface area contributed by atoms with Crippen LogP contribution in [0.25, 0.3) is 0 Å². The van der Waals surface area contributed by atoms with Crippen LogP contribution < -0.4 is 20.1 Å². The van der Waals surface area contributed by atoms with E-state index in [1.165, 1.54) is 0 Å². The molecule has 1 heterocycles. The zero-order valence-electron chi connectivity index (χ0n) is 12.8. The summed E-state index contributed by atoms with van der Waals surface area (Å²) in [7, 11) is 3.96. The molecular weight excluding hydrogens is 266 g/mol. The van der Waals surface area contributed by atoms with Crippen molar-refractivity contribution in [2.24, 2.45) is 0 Å². The number of hydrogen-bond acceptors (Lipinski definition) is 5. The van der Waals surface area contributed by atoms with Crippen LogP contribution in [0, 0.1) is 0 Å². The summed E-state index contributed by atoms with van der Waals surface area (Å²) >= 11 is 0. The first-order valence-electron chi connectivity index (χ1n) is 6.84. The summed E-state index contributed by atoms with van der Waals surface area (Å²) in [5, 5.41) is 0. The Bertz CT molecular complexity index is 612. The zero-order chi connectivity index (χ0) is 15.4. The molecule has 2 aromatic rings. The number of benzene rings is 1. The van der Waals surface area contributed by atoms with Crippen molar-refractivity contribution in [3.05, 3.63) is 36.4 Å². The van der Waals surface area contributed by atoms with Crippen LogP contribution in [-0.2, 0) is 0 Å². The molecule has 1 aromatic heterocycles. The first-order chi connectivity index (χ1) is 9.95. The molecule has 2 rings (SSSR count). The highest BCUT2D eigenvalue weighted by atomic mass is 16.5. The second-order valence-corrected chi connectivity index (χ2v) is 5.20. The van der Waals surface area contributed by atoms with Crippen molar-refractivity contribution in [3.8, 4) is 17.5 Å². The quantitative estimate of drug-likeness (QED) is 0.914. The third kappa shape index (κ3) is 4.02. The highest BCUT2D eigenvalue weighted by Crippen LogP contribution is 2.28. The maximum absolute atomic E-state index is 5.85. The van der Waals surface area contributed by atoms with Crippen molar-refractivity contribution in [1.29, 1.82) is 0 Å². The molecule has 0 saturated carbocycles. The minimum atomic E-state index is 0.00659. The van der Waals surface area contributed by atoms with E-state index < -0.39 is 0 Å². The van der Waals surface area contributed by atoms with Crippen molar-refractivity contribution in [1.82, 2.24) is 4.98 Å². The maximum atomic E-state index is 5.85. The zero-order valence-corrected chi connectivity index (χ0v) is 12.8. The number of nitrogens with zero attached hydrogens (tertiary/aromatic N) is 2. The number of nitrogens with two attached hydrogens (primary N) is 1. The number of aromatic nitrogens is 1. The van der Waals surface area contributed by atoms with E-state index in [1.54, 1.807) is 12.1 Å². The Morgan fingerprint density at radius 1 is 1.14 bits per heavy atom. The van der Waals surface area contributed by atoms with Gasteiger partial charge in [-0.1, -0.05) is 6.07 Å². The Hall–Kier alpha value is -2.43. The third-order valence-electron chi connectivity index (χ3n) is 2.77. The van der Waals surface area contributed by atoms with E-state index in [0.717, 1.165) is 5.69 Å². The van der Waals surface area contributed by atoms with Gasteiger partial charge in [0.1, 0.15) is 5.75 Å². The van der Waals surface area contributed by atoms with E-state index in [4.69, 9.17) is 15.2 Å². The summed E-state index contributed by atoms with van der Waals surface area (Å²) in [6.07, 6.45) is 0.00659. The first-order valence-corrected chi connectivity index (χ1v) is 6.84. The lowest BCUT2D eigenvalue weighted by Crippen LogP contribution is -2.09. The monoisotopic (exact) mass is 287 g/mol. The molecule has 5 nitrogen and oxygen atoms in total. The number of hydrogen-bond donors (Lipinski definition) is 1. The molecule has 0 amide bonds. The molecular formula is C16H21N3O2. The van der Waals surface area contributed by atoms with E-state index in [2.05, 4.69) is 4.98 Å². The number of nitrogen functional groups attached to an aromatic ring is 1. The first kappa shape index (κ1) is 15.0. The second kappa shape index (κ2) is 6.35. The van der Waals surface area contributed by atoms with Gasteiger partial charge in [-0.05, 0) is 32.0 Å². The van der Waals surface area contributed by atoms with Crippen molar-refractivity contribution in [2.75, 3.05) is 24.7 Å². The third-order valence-corrected chi connectivity index (χ3v) is 2.77. The lowest BCUT2D eigenvalue weighted by molar-refractivity contribution is 0.232. The number of pyridine rings is 1. The molecule has 0 aliphatic heterocycles. The summed E-state index contributed by atoms with van der Waals surface area (Å²) < 4.78 is 11.3. The Kier molecular flexibility index (Phi) is 4.52. The fraction of sp³-hybridized carbons (Fsp3) is 0.312. The lowest BCUT2D eigenvalue weighted by Gasteiger charge is -2.15. The lowest BCUT2D eigenvalue weighted by atomic mass is 10.3. The van der Waals surface area contributed by atoms with E-state index in [0.29, 0.717) is 23.2 Å². The second-order valence-electron chi connectivity index (χ2n) is 5.20. The largest absolute Gasteiger partial charge is 0.473 e. The van der Waals surface area contributed by atoms with Gasteiger partial charge in [-0.15, -0.1) is 0 Å². The molecule has 0 aliphatic carbocycles. The van der Waals surface area contributed by atoms with Crippen LogP contribution in [0.1, 0.15) is 13.8 Å². The molecule has 0 saturated heterocycles. The van der Waals surface area contributed by atoms with Gasteiger partial charge in [0.05, 0.1) is 11.8 Å². The van der Waals surface area contributed by atoms with Crippen molar-refractivity contribution >= 4 is 11.4 Å². The molecule has 0 bridgehead atoms. The van der Waals surface area contributed by atoms with Gasteiger partial charge in [-0.25, -0.2) is 0 Å². The molecule has 0 spiro atoms. The van der Waals surface area contributed by atoms with E-state index in [-0.39, 0.29) is 6.10 Å². The standard InChI is InChI=1S/C16H21N3O2/c1-11(2)20-16-14(17)8-9-15(18-16)21-13-7-5-6-12(10-13)19(3)4/h5-11H,17H2,1-4H3. The fourth-order valence-electron chi connectivity index (χ4n) is 1.75. The van der Waals surface area contributed by atoms with E-state index in [9.17, 15) is 0 Å². The van der Waals surface area contributed by atoms with Crippen LogP contribution in [0.15, 0.2) is 36.4 Å². The average molecular weight is 287 g/mol. The molecule has 0 aliphatic rings. The molecule has 2 N–H and O–H groups in total. The minimum Gasteiger partial charge on any atom is -0.473 e. The summed E-state index contributed by atoms with van der Waals surface area (Å²) in [6.45, 7) is 3.85. The summed E-state index contributed by atoms with van der Waals surface area (Å²) in [4.78, 5) is 6.31. The Labute approximate surface area is 125 Å². The molecule has 21 heavy (non-hydrogen) atoms. The van der Waals surface area contributed by atoms with E-state index in [1.807, 2.05) is 57.1 Å². The van der Waals surface area contributed by atoms with Crippen LogP contribution in [0.4, 0.5) is 11.4 Å². The van der Waals surface area contributed by atoms with Gasteiger partial charge in [-0.2, -0.15) is 4.98 Å². The smallest absolute Gasteiger partial charge is 0.240 e. The Balaban J connectivity index is 2.21. The van der Waals surface area contributed by atoms with Crippen LogP contribution in [0.5, 0.6) is 17.5 Å². The van der Waals surface area contributed by atoms with Gasteiger partial charge in [0.15, 0.2) is 0 Å². The van der Waals surface area contributed by atoms with Gasteiger partial charge in [0.2, 0.25) is 11.8 Å².